The number of aliphatic hydroxyl groups is 3. The van der Waals surface area contributed by atoms with E-state index in [0.29, 0.717) is 13.0 Å². The third-order valence-electron chi connectivity index (χ3n) is 1.64. The molecule has 12 heavy (non-hydrogen) atoms. The Kier molecular flexibility index (Phi) is 5.41. The fraction of sp³-hybridized carbons (Fsp3) is 1.00. The Balaban J connectivity index is 3.42. The van der Waals surface area contributed by atoms with Crippen LogP contribution in [0.3, 0.4) is 0 Å². The topological polar surface area (TPSA) is 69.9 Å². The minimum Gasteiger partial charge on any atom is -0.394 e. The van der Waals surface area contributed by atoms with Crippen molar-refractivity contribution in [3.63, 3.8) is 0 Å². The maximum absolute atomic E-state index is 9.32. The van der Waals surface area contributed by atoms with Crippen molar-refractivity contribution in [3.8, 4) is 0 Å². The van der Waals surface area contributed by atoms with Gasteiger partial charge >= 0.3 is 0 Å². The van der Waals surface area contributed by atoms with Gasteiger partial charge in [-0.2, -0.15) is 0 Å². The predicted molar refractivity (Wildman–Crippen MR) is 44.8 cm³/mol. The van der Waals surface area contributed by atoms with Gasteiger partial charge in [0.05, 0.1) is 24.9 Å². The van der Waals surface area contributed by atoms with Crippen LogP contribution in [-0.2, 0) is 4.74 Å². The number of rotatable bonds is 6. The van der Waals surface area contributed by atoms with E-state index in [1.165, 1.54) is 0 Å². The molecule has 0 heterocycles. The van der Waals surface area contributed by atoms with E-state index in [0.717, 1.165) is 0 Å². The lowest BCUT2D eigenvalue weighted by molar-refractivity contribution is -0.0452. The first-order valence-corrected chi connectivity index (χ1v) is 4.07. The lowest BCUT2D eigenvalue weighted by Gasteiger charge is -2.20. The number of hydrogen-bond donors (Lipinski definition) is 3. The highest BCUT2D eigenvalue weighted by molar-refractivity contribution is 4.70. The van der Waals surface area contributed by atoms with E-state index in [1.54, 1.807) is 13.8 Å². The molecule has 4 heteroatoms. The van der Waals surface area contributed by atoms with Gasteiger partial charge in [-0.05, 0) is 13.8 Å². The van der Waals surface area contributed by atoms with Gasteiger partial charge in [-0.3, -0.25) is 0 Å². The minimum atomic E-state index is -1.07. The van der Waals surface area contributed by atoms with Crippen molar-refractivity contribution >= 4 is 0 Å². The zero-order valence-corrected chi connectivity index (χ0v) is 7.66. The molecule has 0 radical (unpaired) electrons. The zero-order chi connectivity index (χ0) is 9.61. The molecule has 0 aliphatic carbocycles. The first-order valence-electron chi connectivity index (χ1n) is 4.07. The third kappa shape index (κ3) is 5.49. The van der Waals surface area contributed by atoms with Gasteiger partial charge in [0, 0.05) is 13.0 Å². The summed E-state index contributed by atoms with van der Waals surface area (Å²) in [6.45, 7) is 3.33. The predicted octanol–water partition coefficient (Wildman–Crippen LogP) is -0.483. The molecule has 0 fully saturated rings. The SMILES string of the molecule is CC(CO)OCCC(C)(O)CO. The lowest BCUT2D eigenvalue weighted by Crippen LogP contribution is -2.31. The molecule has 0 aliphatic rings. The fourth-order valence-electron chi connectivity index (χ4n) is 0.612. The van der Waals surface area contributed by atoms with Crippen LogP contribution < -0.4 is 0 Å². The van der Waals surface area contributed by atoms with Gasteiger partial charge in [0.15, 0.2) is 0 Å². The summed E-state index contributed by atoms with van der Waals surface area (Å²) in [5.41, 5.74) is -1.07. The molecule has 0 bridgehead atoms. The van der Waals surface area contributed by atoms with Crippen molar-refractivity contribution in [2.24, 2.45) is 0 Å². The largest absolute Gasteiger partial charge is 0.394 e. The van der Waals surface area contributed by atoms with E-state index < -0.39 is 5.60 Å². The standard InChI is InChI=1S/C8H18O4/c1-7(5-9)12-4-3-8(2,11)6-10/h7,9-11H,3-6H2,1-2H3. The quantitative estimate of drug-likeness (QED) is 0.513. The maximum Gasteiger partial charge on any atom is 0.0871 e. The molecule has 74 valence electrons. The Morgan fingerprint density at radius 3 is 2.42 bits per heavy atom. The van der Waals surface area contributed by atoms with E-state index in [-0.39, 0.29) is 19.3 Å². The second-order valence-corrected chi connectivity index (χ2v) is 3.27. The molecule has 2 atom stereocenters. The van der Waals surface area contributed by atoms with Crippen molar-refractivity contribution in [3.05, 3.63) is 0 Å². The fourth-order valence-corrected chi connectivity index (χ4v) is 0.612. The smallest absolute Gasteiger partial charge is 0.0871 e. The second kappa shape index (κ2) is 5.48. The van der Waals surface area contributed by atoms with Gasteiger partial charge in [0.2, 0.25) is 0 Å². The minimum absolute atomic E-state index is 0.0265. The summed E-state index contributed by atoms with van der Waals surface area (Å²) in [6, 6.07) is 0. The van der Waals surface area contributed by atoms with Crippen LogP contribution in [-0.4, -0.2) is 46.8 Å². The highest BCUT2D eigenvalue weighted by Gasteiger charge is 2.18. The Morgan fingerprint density at radius 1 is 1.42 bits per heavy atom. The average molecular weight is 178 g/mol. The summed E-state index contributed by atoms with van der Waals surface area (Å²) in [4.78, 5) is 0. The van der Waals surface area contributed by atoms with Crippen LogP contribution in [0.4, 0.5) is 0 Å². The molecule has 0 amide bonds. The summed E-state index contributed by atoms with van der Waals surface area (Å²) >= 11 is 0. The van der Waals surface area contributed by atoms with Crippen LogP contribution >= 0.6 is 0 Å². The Labute approximate surface area is 72.8 Å². The Hall–Kier alpha value is -0.160. The van der Waals surface area contributed by atoms with Gasteiger partial charge in [0.25, 0.3) is 0 Å². The highest BCUT2D eigenvalue weighted by atomic mass is 16.5. The molecule has 4 nitrogen and oxygen atoms in total. The van der Waals surface area contributed by atoms with Crippen molar-refractivity contribution in [1.82, 2.24) is 0 Å². The molecule has 0 saturated heterocycles. The van der Waals surface area contributed by atoms with Gasteiger partial charge in [-0.1, -0.05) is 0 Å². The summed E-state index contributed by atoms with van der Waals surface area (Å²) in [6.07, 6.45) is 0.160. The average Bonchev–Trinajstić information content (AvgIpc) is 2.04. The number of ether oxygens (including phenoxy) is 1. The van der Waals surface area contributed by atoms with E-state index in [4.69, 9.17) is 14.9 Å². The molecule has 0 saturated carbocycles. The number of aliphatic hydroxyl groups excluding tert-OH is 2. The highest BCUT2D eigenvalue weighted by Crippen LogP contribution is 2.08. The van der Waals surface area contributed by atoms with Gasteiger partial charge < -0.3 is 20.1 Å². The van der Waals surface area contributed by atoms with Crippen molar-refractivity contribution in [1.29, 1.82) is 0 Å². The molecule has 3 N–H and O–H groups in total. The molecule has 0 aromatic carbocycles. The summed E-state index contributed by atoms with van der Waals surface area (Å²) in [5, 5.41) is 26.6. The monoisotopic (exact) mass is 178 g/mol. The van der Waals surface area contributed by atoms with E-state index in [2.05, 4.69) is 0 Å². The molecule has 0 aromatic rings. The molecule has 0 aliphatic heterocycles. The van der Waals surface area contributed by atoms with Crippen molar-refractivity contribution < 1.29 is 20.1 Å². The van der Waals surface area contributed by atoms with Gasteiger partial charge in [-0.25, -0.2) is 0 Å². The number of hydrogen-bond acceptors (Lipinski definition) is 4. The van der Waals surface area contributed by atoms with Crippen LogP contribution in [0.1, 0.15) is 20.3 Å². The van der Waals surface area contributed by atoms with Crippen molar-refractivity contribution in [2.45, 2.75) is 32.0 Å². The first-order chi connectivity index (χ1) is 5.52. The summed E-state index contributed by atoms with van der Waals surface area (Å²) in [7, 11) is 0. The molecular weight excluding hydrogens is 160 g/mol. The van der Waals surface area contributed by atoms with E-state index >= 15 is 0 Å². The van der Waals surface area contributed by atoms with Crippen LogP contribution in [0.25, 0.3) is 0 Å². The third-order valence-corrected chi connectivity index (χ3v) is 1.64. The lowest BCUT2D eigenvalue weighted by atomic mass is 10.1. The second-order valence-electron chi connectivity index (χ2n) is 3.27. The molecule has 0 aromatic heterocycles. The Morgan fingerprint density at radius 2 is 2.00 bits per heavy atom. The zero-order valence-electron chi connectivity index (χ0n) is 7.66. The van der Waals surface area contributed by atoms with Crippen molar-refractivity contribution in [2.75, 3.05) is 19.8 Å². The van der Waals surface area contributed by atoms with E-state index in [9.17, 15) is 5.11 Å². The summed E-state index contributed by atoms with van der Waals surface area (Å²) in [5.74, 6) is 0. The van der Waals surface area contributed by atoms with Crippen LogP contribution in [0, 0.1) is 0 Å². The molecule has 0 spiro atoms. The molecule has 0 rings (SSSR count). The molecular formula is C8H18O4. The molecule has 2 unspecified atom stereocenters. The maximum atomic E-state index is 9.32. The van der Waals surface area contributed by atoms with Crippen LogP contribution in [0.5, 0.6) is 0 Å². The normalized spacial score (nSPS) is 18.8. The Bertz CT molecular complexity index is 114. The van der Waals surface area contributed by atoms with Crippen LogP contribution in [0.15, 0.2) is 0 Å². The van der Waals surface area contributed by atoms with Gasteiger partial charge in [-0.15, -0.1) is 0 Å². The van der Waals surface area contributed by atoms with Gasteiger partial charge in [0.1, 0.15) is 0 Å². The van der Waals surface area contributed by atoms with Crippen LogP contribution in [0.2, 0.25) is 0 Å². The summed E-state index contributed by atoms with van der Waals surface area (Å²) < 4.78 is 5.11. The first kappa shape index (κ1) is 11.8. The van der Waals surface area contributed by atoms with E-state index in [1.807, 2.05) is 0 Å².